The van der Waals surface area contributed by atoms with Gasteiger partial charge in [0.25, 0.3) is 0 Å². The molecular formula is C13H20N2O. The molecule has 2 N–H and O–H groups in total. The Kier molecular flexibility index (Phi) is 4.99. The molecule has 1 aromatic carbocycles. The van der Waals surface area contributed by atoms with Gasteiger partial charge in [-0.25, -0.2) is 0 Å². The Labute approximate surface area is 97.2 Å². The Bertz CT molecular complexity index is 332. The van der Waals surface area contributed by atoms with Crippen LogP contribution in [-0.4, -0.2) is 19.5 Å². The van der Waals surface area contributed by atoms with Crippen LogP contribution in [0.1, 0.15) is 30.5 Å². The van der Waals surface area contributed by atoms with E-state index in [4.69, 9.17) is 0 Å². The van der Waals surface area contributed by atoms with E-state index in [9.17, 15) is 4.79 Å². The summed E-state index contributed by atoms with van der Waals surface area (Å²) in [6, 6.07) is 8.73. The van der Waals surface area contributed by atoms with Crippen LogP contribution in [0.4, 0.5) is 0 Å². The molecule has 1 rings (SSSR count). The fourth-order valence-corrected chi connectivity index (χ4v) is 1.50. The fourth-order valence-electron chi connectivity index (χ4n) is 1.50. The summed E-state index contributed by atoms with van der Waals surface area (Å²) in [4.78, 5) is 11.0. The van der Waals surface area contributed by atoms with Gasteiger partial charge in [-0.15, -0.1) is 0 Å². The number of carbonyl (C=O) groups excluding carboxylic acids is 1. The molecule has 0 fully saturated rings. The molecule has 1 aromatic rings. The number of rotatable bonds is 5. The van der Waals surface area contributed by atoms with Gasteiger partial charge in [-0.05, 0) is 19.4 Å². The van der Waals surface area contributed by atoms with Gasteiger partial charge in [0, 0.05) is 26.1 Å². The zero-order valence-electron chi connectivity index (χ0n) is 10.2. The molecular weight excluding hydrogens is 200 g/mol. The third kappa shape index (κ3) is 4.03. The maximum atomic E-state index is 11.0. The highest BCUT2D eigenvalue weighted by atomic mass is 16.1. The van der Waals surface area contributed by atoms with Crippen LogP contribution >= 0.6 is 0 Å². The molecule has 0 radical (unpaired) electrons. The van der Waals surface area contributed by atoms with E-state index in [1.807, 2.05) is 0 Å². The van der Waals surface area contributed by atoms with Crippen LogP contribution in [0.15, 0.2) is 24.3 Å². The molecule has 0 heterocycles. The van der Waals surface area contributed by atoms with Gasteiger partial charge in [-0.3, -0.25) is 4.79 Å². The van der Waals surface area contributed by atoms with Crippen molar-refractivity contribution >= 4 is 5.91 Å². The Hall–Kier alpha value is -1.35. The van der Waals surface area contributed by atoms with E-state index in [0.717, 1.165) is 0 Å². The Morgan fingerprint density at radius 2 is 1.94 bits per heavy atom. The van der Waals surface area contributed by atoms with Crippen molar-refractivity contribution in [3.05, 3.63) is 35.4 Å². The summed E-state index contributed by atoms with van der Waals surface area (Å²) in [6.07, 6.45) is 0.521. The van der Waals surface area contributed by atoms with Crippen LogP contribution in [0.2, 0.25) is 0 Å². The minimum atomic E-state index is 0.0728. The maximum Gasteiger partial charge on any atom is 0.221 e. The average molecular weight is 220 g/mol. The lowest BCUT2D eigenvalue weighted by atomic mass is 10.1. The van der Waals surface area contributed by atoms with Crippen molar-refractivity contribution < 1.29 is 4.79 Å². The predicted molar refractivity (Wildman–Crippen MR) is 66.3 cm³/mol. The smallest absolute Gasteiger partial charge is 0.221 e. The van der Waals surface area contributed by atoms with Crippen LogP contribution in [0.5, 0.6) is 0 Å². The highest BCUT2D eigenvalue weighted by molar-refractivity contribution is 5.75. The SMILES string of the molecule is CNC(=O)CCN[C@@H](C)c1ccc(C)cc1. The molecule has 0 saturated heterocycles. The minimum Gasteiger partial charge on any atom is -0.359 e. The lowest BCUT2D eigenvalue weighted by Gasteiger charge is -2.14. The largest absolute Gasteiger partial charge is 0.359 e. The van der Waals surface area contributed by atoms with Crippen LogP contribution < -0.4 is 10.6 Å². The number of carbonyl (C=O) groups is 1. The topological polar surface area (TPSA) is 41.1 Å². The number of aryl methyl sites for hydroxylation is 1. The third-order valence-corrected chi connectivity index (χ3v) is 2.66. The number of hydrogen-bond acceptors (Lipinski definition) is 2. The third-order valence-electron chi connectivity index (χ3n) is 2.66. The molecule has 88 valence electrons. The van der Waals surface area contributed by atoms with Gasteiger partial charge < -0.3 is 10.6 Å². The first-order valence-electron chi connectivity index (χ1n) is 5.64. The minimum absolute atomic E-state index is 0.0728. The Morgan fingerprint density at radius 3 is 2.50 bits per heavy atom. The summed E-state index contributed by atoms with van der Waals surface area (Å²) in [6.45, 7) is 4.89. The first-order valence-corrected chi connectivity index (χ1v) is 5.64. The summed E-state index contributed by atoms with van der Waals surface area (Å²) in [7, 11) is 1.66. The van der Waals surface area contributed by atoms with Gasteiger partial charge in [-0.1, -0.05) is 29.8 Å². The molecule has 0 saturated carbocycles. The second-order valence-corrected chi connectivity index (χ2v) is 4.01. The standard InChI is InChI=1S/C13H20N2O/c1-10-4-6-12(7-5-10)11(2)15-9-8-13(16)14-3/h4-7,11,15H,8-9H2,1-3H3,(H,14,16)/t11-/m0/s1. The van der Waals surface area contributed by atoms with Gasteiger partial charge >= 0.3 is 0 Å². The average Bonchev–Trinajstić information content (AvgIpc) is 2.29. The van der Waals surface area contributed by atoms with Crippen LogP contribution in [-0.2, 0) is 4.79 Å². The van der Waals surface area contributed by atoms with Gasteiger partial charge in [-0.2, -0.15) is 0 Å². The molecule has 16 heavy (non-hydrogen) atoms. The highest BCUT2D eigenvalue weighted by Gasteiger charge is 2.04. The highest BCUT2D eigenvalue weighted by Crippen LogP contribution is 2.12. The zero-order valence-corrected chi connectivity index (χ0v) is 10.2. The zero-order chi connectivity index (χ0) is 12.0. The van der Waals surface area contributed by atoms with Crippen molar-refractivity contribution in [3.63, 3.8) is 0 Å². The summed E-state index contributed by atoms with van der Waals surface area (Å²) < 4.78 is 0. The predicted octanol–water partition coefficient (Wildman–Crippen LogP) is 1.78. The summed E-state index contributed by atoms with van der Waals surface area (Å²) in [5, 5.41) is 5.93. The van der Waals surface area contributed by atoms with E-state index in [1.165, 1.54) is 11.1 Å². The Morgan fingerprint density at radius 1 is 1.31 bits per heavy atom. The van der Waals surface area contributed by atoms with Crippen molar-refractivity contribution in [3.8, 4) is 0 Å². The van der Waals surface area contributed by atoms with Crippen molar-refractivity contribution in [2.24, 2.45) is 0 Å². The lowest BCUT2D eigenvalue weighted by Crippen LogP contribution is -2.26. The van der Waals surface area contributed by atoms with E-state index in [2.05, 4.69) is 48.7 Å². The normalized spacial score (nSPS) is 12.2. The summed E-state index contributed by atoms with van der Waals surface area (Å²) in [5.74, 6) is 0.0728. The molecule has 0 aliphatic carbocycles. The second kappa shape index (κ2) is 6.28. The number of amides is 1. The van der Waals surface area contributed by atoms with Crippen molar-refractivity contribution in [1.29, 1.82) is 0 Å². The molecule has 1 amide bonds. The van der Waals surface area contributed by atoms with Crippen LogP contribution in [0.25, 0.3) is 0 Å². The van der Waals surface area contributed by atoms with Gasteiger partial charge in [0.1, 0.15) is 0 Å². The molecule has 3 heteroatoms. The molecule has 0 unspecified atom stereocenters. The van der Waals surface area contributed by atoms with E-state index < -0.39 is 0 Å². The second-order valence-electron chi connectivity index (χ2n) is 4.01. The Balaban J connectivity index is 2.37. The fraction of sp³-hybridized carbons (Fsp3) is 0.462. The van der Waals surface area contributed by atoms with Gasteiger partial charge in [0.15, 0.2) is 0 Å². The van der Waals surface area contributed by atoms with E-state index in [1.54, 1.807) is 7.05 Å². The van der Waals surface area contributed by atoms with Crippen molar-refractivity contribution in [1.82, 2.24) is 10.6 Å². The number of benzene rings is 1. The van der Waals surface area contributed by atoms with E-state index >= 15 is 0 Å². The van der Waals surface area contributed by atoms with Crippen LogP contribution in [0, 0.1) is 6.92 Å². The molecule has 1 atom stereocenters. The summed E-state index contributed by atoms with van der Waals surface area (Å²) in [5.41, 5.74) is 2.52. The molecule has 0 aliphatic heterocycles. The first kappa shape index (κ1) is 12.7. The van der Waals surface area contributed by atoms with E-state index in [-0.39, 0.29) is 11.9 Å². The summed E-state index contributed by atoms with van der Waals surface area (Å²) >= 11 is 0. The molecule has 0 aliphatic rings. The molecule has 0 aromatic heterocycles. The van der Waals surface area contributed by atoms with E-state index in [0.29, 0.717) is 13.0 Å². The molecule has 0 bridgehead atoms. The number of hydrogen-bond donors (Lipinski definition) is 2. The van der Waals surface area contributed by atoms with Crippen molar-refractivity contribution in [2.75, 3.05) is 13.6 Å². The van der Waals surface area contributed by atoms with Gasteiger partial charge in [0.2, 0.25) is 5.91 Å². The van der Waals surface area contributed by atoms with Crippen molar-refractivity contribution in [2.45, 2.75) is 26.3 Å². The lowest BCUT2D eigenvalue weighted by molar-refractivity contribution is -0.120. The van der Waals surface area contributed by atoms with Crippen LogP contribution in [0.3, 0.4) is 0 Å². The quantitative estimate of drug-likeness (QED) is 0.794. The maximum absolute atomic E-state index is 11.0. The molecule has 3 nitrogen and oxygen atoms in total. The van der Waals surface area contributed by atoms with Gasteiger partial charge in [0.05, 0.1) is 0 Å². The monoisotopic (exact) mass is 220 g/mol. The first-order chi connectivity index (χ1) is 7.63. The number of nitrogens with one attached hydrogen (secondary N) is 2. The molecule has 0 spiro atoms.